The minimum absolute atomic E-state index is 0.0616. The van der Waals surface area contributed by atoms with E-state index in [9.17, 15) is 9.59 Å². The minimum Gasteiger partial charge on any atom is -0.497 e. The number of nitrogens with zero attached hydrogens (tertiary/aromatic N) is 2. The molecular formula is C21H26N2O5. The molecular weight excluding hydrogens is 360 g/mol. The molecule has 28 heavy (non-hydrogen) atoms. The van der Waals surface area contributed by atoms with E-state index in [2.05, 4.69) is 4.98 Å². The first-order valence-electron chi connectivity index (χ1n) is 9.64. The Morgan fingerprint density at radius 1 is 1.21 bits per heavy atom. The second-order valence-corrected chi connectivity index (χ2v) is 6.75. The number of hydrogen-bond donors (Lipinski definition) is 0. The third-order valence-electron chi connectivity index (χ3n) is 4.95. The molecule has 3 rings (SSSR count). The minimum atomic E-state index is -0.152. The second kappa shape index (κ2) is 9.39. The van der Waals surface area contributed by atoms with Crippen molar-refractivity contribution < 1.29 is 23.5 Å². The average Bonchev–Trinajstić information content (AvgIpc) is 3.21. The van der Waals surface area contributed by atoms with Crippen LogP contribution in [0, 0.1) is 5.92 Å². The predicted molar refractivity (Wildman–Crippen MR) is 103 cm³/mol. The van der Waals surface area contributed by atoms with Gasteiger partial charge in [0.2, 0.25) is 5.91 Å². The molecule has 1 fully saturated rings. The summed E-state index contributed by atoms with van der Waals surface area (Å²) in [5.74, 6) is 1.80. The maximum absolute atomic E-state index is 12.4. The van der Waals surface area contributed by atoms with E-state index in [1.165, 1.54) is 0 Å². The van der Waals surface area contributed by atoms with Gasteiger partial charge in [0, 0.05) is 31.5 Å². The standard InChI is InChI=1S/C21H26N2O5/c1-3-27-21(25)16-10-12-23(13-11-16)20(24)9-8-19-22-14-18(28-19)15-4-6-17(26-2)7-5-15/h4-7,14,16H,3,8-13H2,1-2H3. The van der Waals surface area contributed by atoms with Gasteiger partial charge in [0.1, 0.15) is 5.75 Å². The molecule has 1 aliphatic rings. The molecule has 1 amide bonds. The van der Waals surface area contributed by atoms with Gasteiger partial charge in [-0.2, -0.15) is 0 Å². The van der Waals surface area contributed by atoms with Crippen LogP contribution >= 0.6 is 0 Å². The van der Waals surface area contributed by atoms with Crippen molar-refractivity contribution in [2.24, 2.45) is 5.92 Å². The lowest BCUT2D eigenvalue weighted by Gasteiger charge is -2.30. The first kappa shape index (κ1) is 19.9. The highest BCUT2D eigenvalue weighted by molar-refractivity contribution is 5.77. The van der Waals surface area contributed by atoms with Crippen LogP contribution in [0.5, 0.6) is 5.75 Å². The van der Waals surface area contributed by atoms with E-state index in [0.29, 0.717) is 57.0 Å². The molecule has 1 aliphatic heterocycles. The molecule has 7 nitrogen and oxygen atoms in total. The van der Waals surface area contributed by atoms with Gasteiger partial charge < -0.3 is 18.8 Å². The number of likely N-dealkylation sites (tertiary alicyclic amines) is 1. The van der Waals surface area contributed by atoms with E-state index < -0.39 is 0 Å². The average molecular weight is 386 g/mol. The summed E-state index contributed by atoms with van der Waals surface area (Å²) in [6.07, 6.45) is 3.78. The summed E-state index contributed by atoms with van der Waals surface area (Å²) in [5, 5.41) is 0. The summed E-state index contributed by atoms with van der Waals surface area (Å²) < 4.78 is 16.0. The van der Waals surface area contributed by atoms with Gasteiger partial charge in [0.15, 0.2) is 11.7 Å². The second-order valence-electron chi connectivity index (χ2n) is 6.75. The van der Waals surface area contributed by atoms with Crippen LogP contribution in [0.1, 0.15) is 32.1 Å². The Morgan fingerprint density at radius 2 is 1.93 bits per heavy atom. The number of benzene rings is 1. The van der Waals surface area contributed by atoms with E-state index in [0.717, 1.165) is 11.3 Å². The molecule has 1 aromatic carbocycles. The Morgan fingerprint density at radius 3 is 2.57 bits per heavy atom. The van der Waals surface area contributed by atoms with Gasteiger partial charge in [-0.3, -0.25) is 9.59 Å². The number of amides is 1. The zero-order chi connectivity index (χ0) is 19.9. The van der Waals surface area contributed by atoms with Gasteiger partial charge in [-0.1, -0.05) is 0 Å². The third kappa shape index (κ3) is 4.91. The van der Waals surface area contributed by atoms with E-state index in [-0.39, 0.29) is 17.8 Å². The summed E-state index contributed by atoms with van der Waals surface area (Å²) in [6.45, 7) is 3.38. The van der Waals surface area contributed by atoms with Crippen LogP contribution in [0.25, 0.3) is 11.3 Å². The molecule has 1 saturated heterocycles. The zero-order valence-corrected chi connectivity index (χ0v) is 16.3. The SMILES string of the molecule is CCOC(=O)C1CCN(C(=O)CCc2ncc(-c3ccc(OC)cc3)o2)CC1. The van der Waals surface area contributed by atoms with Crippen molar-refractivity contribution in [3.05, 3.63) is 36.4 Å². The summed E-state index contributed by atoms with van der Waals surface area (Å²) >= 11 is 0. The van der Waals surface area contributed by atoms with Crippen molar-refractivity contribution >= 4 is 11.9 Å². The Kier molecular flexibility index (Phi) is 6.68. The quantitative estimate of drug-likeness (QED) is 0.680. The number of rotatable bonds is 7. The van der Waals surface area contributed by atoms with Crippen molar-refractivity contribution in [1.82, 2.24) is 9.88 Å². The molecule has 150 valence electrons. The lowest BCUT2D eigenvalue weighted by molar-refractivity contribution is -0.151. The van der Waals surface area contributed by atoms with Crippen LogP contribution in [0.15, 0.2) is 34.9 Å². The summed E-state index contributed by atoms with van der Waals surface area (Å²) in [7, 11) is 1.62. The Balaban J connectivity index is 1.47. The Bertz CT molecular complexity index is 791. The Labute approximate surface area is 164 Å². The first-order chi connectivity index (χ1) is 13.6. The smallest absolute Gasteiger partial charge is 0.309 e. The van der Waals surface area contributed by atoms with Crippen LogP contribution in [-0.2, 0) is 20.7 Å². The van der Waals surface area contributed by atoms with Gasteiger partial charge in [0.05, 0.1) is 25.8 Å². The number of aryl methyl sites for hydroxylation is 1. The third-order valence-corrected chi connectivity index (χ3v) is 4.95. The molecule has 7 heteroatoms. The summed E-state index contributed by atoms with van der Waals surface area (Å²) in [4.78, 5) is 30.3. The molecule has 0 bridgehead atoms. The van der Waals surface area contributed by atoms with Crippen molar-refractivity contribution in [2.75, 3.05) is 26.8 Å². The van der Waals surface area contributed by atoms with Crippen LogP contribution in [-0.4, -0.2) is 48.6 Å². The van der Waals surface area contributed by atoms with E-state index in [1.807, 2.05) is 29.2 Å². The van der Waals surface area contributed by atoms with E-state index in [1.54, 1.807) is 20.2 Å². The molecule has 0 atom stereocenters. The molecule has 0 unspecified atom stereocenters. The molecule has 0 aliphatic carbocycles. The highest BCUT2D eigenvalue weighted by atomic mass is 16.5. The van der Waals surface area contributed by atoms with Crippen molar-refractivity contribution in [2.45, 2.75) is 32.6 Å². The molecule has 0 N–H and O–H groups in total. The monoisotopic (exact) mass is 386 g/mol. The fourth-order valence-electron chi connectivity index (χ4n) is 3.31. The number of carbonyl (C=O) groups is 2. The first-order valence-corrected chi connectivity index (χ1v) is 9.64. The number of methoxy groups -OCH3 is 1. The van der Waals surface area contributed by atoms with E-state index in [4.69, 9.17) is 13.9 Å². The van der Waals surface area contributed by atoms with Gasteiger partial charge in [-0.25, -0.2) is 4.98 Å². The normalized spacial score (nSPS) is 14.7. The number of piperidine rings is 1. The molecule has 0 spiro atoms. The largest absolute Gasteiger partial charge is 0.497 e. The number of ether oxygens (including phenoxy) is 2. The van der Waals surface area contributed by atoms with Crippen LogP contribution in [0.4, 0.5) is 0 Å². The fraction of sp³-hybridized carbons (Fsp3) is 0.476. The molecule has 0 radical (unpaired) electrons. The van der Waals surface area contributed by atoms with Crippen molar-refractivity contribution in [1.29, 1.82) is 0 Å². The van der Waals surface area contributed by atoms with Gasteiger partial charge in [0.25, 0.3) is 0 Å². The Hall–Kier alpha value is -2.83. The van der Waals surface area contributed by atoms with Crippen molar-refractivity contribution in [3.8, 4) is 17.1 Å². The highest BCUT2D eigenvalue weighted by Crippen LogP contribution is 2.24. The molecule has 1 aromatic heterocycles. The van der Waals surface area contributed by atoms with Gasteiger partial charge in [-0.15, -0.1) is 0 Å². The zero-order valence-electron chi connectivity index (χ0n) is 16.3. The summed E-state index contributed by atoms with van der Waals surface area (Å²) in [5.41, 5.74) is 0.909. The van der Waals surface area contributed by atoms with Gasteiger partial charge >= 0.3 is 5.97 Å². The maximum Gasteiger partial charge on any atom is 0.309 e. The lowest BCUT2D eigenvalue weighted by Crippen LogP contribution is -2.40. The number of aromatic nitrogens is 1. The van der Waals surface area contributed by atoms with Crippen molar-refractivity contribution in [3.63, 3.8) is 0 Å². The molecule has 0 saturated carbocycles. The maximum atomic E-state index is 12.4. The molecule has 2 heterocycles. The number of esters is 1. The van der Waals surface area contributed by atoms with Crippen LogP contribution < -0.4 is 4.74 Å². The lowest BCUT2D eigenvalue weighted by atomic mass is 9.97. The summed E-state index contributed by atoms with van der Waals surface area (Å²) in [6, 6.07) is 7.53. The van der Waals surface area contributed by atoms with Crippen LogP contribution in [0.3, 0.4) is 0 Å². The predicted octanol–water partition coefficient (Wildman–Crippen LogP) is 3.08. The molecule has 2 aromatic rings. The van der Waals surface area contributed by atoms with Gasteiger partial charge in [-0.05, 0) is 44.0 Å². The fourth-order valence-corrected chi connectivity index (χ4v) is 3.31. The van der Waals surface area contributed by atoms with Crippen LogP contribution in [0.2, 0.25) is 0 Å². The number of oxazole rings is 1. The highest BCUT2D eigenvalue weighted by Gasteiger charge is 2.28. The topological polar surface area (TPSA) is 81.9 Å². The van der Waals surface area contributed by atoms with E-state index >= 15 is 0 Å². The number of hydrogen-bond acceptors (Lipinski definition) is 6. The number of carbonyl (C=O) groups excluding carboxylic acids is 2.